The van der Waals surface area contributed by atoms with Crippen molar-refractivity contribution in [1.82, 2.24) is 5.32 Å². The quantitative estimate of drug-likeness (QED) is 0.747. The van der Waals surface area contributed by atoms with Crippen LogP contribution in [0.25, 0.3) is 0 Å². The zero-order valence-corrected chi connectivity index (χ0v) is 8.29. The van der Waals surface area contributed by atoms with Crippen LogP contribution in [0.1, 0.15) is 13.8 Å². The van der Waals surface area contributed by atoms with Crippen molar-refractivity contribution in [3.63, 3.8) is 0 Å². The molecule has 2 heteroatoms. The van der Waals surface area contributed by atoms with Crippen molar-refractivity contribution in [2.24, 2.45) is 0 Å². The maximum Gasteiger partial charge on any atom is 0.119 e. The van der Waals surface area contributed by atoms with Gasteiger partial charge >= 0.3 is 0 Å². The number of rotatable bonds is 5. The molecular formula is C11H17NO. The molecule has 0 aliphatic carbocycles. The first-order chi connectivity index (χ1) is 6.33. The first-order valence-corrected chi connectivity index (χ1v) is 4.74. The number of hydrogen-bond donors (Lipinski definition) is 1. The zero-order valence-electron chi connectivity index (χ0n) is 8.29. The molecule has 0 radical (unpaired) electrons. The third kappa shape index (κ3) is 3.95. The topological polar surface area (TPSA) is 21.3 Å². The Morgan fingerprint density at radius 3 is 2.62 bits per heavy atom. The van der Waals surface area contributed by atoms with Crippen molar-refractivity contribution in [3.05, 3.63) is 30.3 Å². The molecule has 1 aromatic rings. The van der Waals surface area contributed by atoms with Crippen LogP contribution in [0.5, 0.6) is 5.75 Å². The van der Waals surface area contributed by atoms with Gasteiger partial charge in [-0.15, -0.1) is 0 Å². The summed E-state index contributed by atoms with van der Waals surface area (Å²) in [5, 5.41) is 3.29. The summed E-state index contributed by atoms with van der Waals surface area (Å²) in [6, 6.07) is 10.3. The molecule has 0 aliphatic heterocycles. The van der Waals surface area contributed by atoms with Crippen LogP contribution in [0.2, 0.25) is 0 Å². The van der Waals surface area contributed by atoms with E-state index in [-0.39, 0.29) is 0 Å². The molecule has 0 heterocycles. The van der Waals surface area contributed by atoms with Gasteiger partial charge in [0.05, 0.1) is 0 Å². The average Bonchev–Trinajstić information content (AvgIpc) is 2.17. The lowest BCUT2D eigenvalue weighted by molar-refractivity contribution is 0.275. The Morgan fingerprint density at radius 1 is 1.31 bits per heavy atom. The van der Waals surface area contributed by atoms with Gasteiger partial charge in [0.25, 0.3) is 0 Å². The summed E-state index contributed by atoms with van der Waals surface area (Å²) in [4.78, 5) is 0. The molecule has 0 fully saturated rings. The van der Waals surface area contributed by atoms with Crippen LogP contribution in [-0.2, 0) is 0 Å². The fraction of sp³-hybridized carbons (Fsp3) is 0.455. The molecule has 1 atom stereocenters. The van der Waals surface area contributed by atoms with Crippen molar-refractivity contribution in [1.29, 1.82) is 0 Å². The van der Waals surface area contributed by atoms with Gasteiger partial charge in [-0.1, -0.05) is 25.1 Å². The Morgan fingerprint density at radius 2 is 2.00 bits per heavy atom. The third-order valence-electron chi connectivity index (χ3n) is 1.80. The predicted octanol–water partition coefficient (Wildman–Crippen LogP) is 2.06. The monoisotopic (exact) mass is 179 g/mol. The highest BCUT2D eigenvalue weighted by Crippen LogP contribution is 2.08. The van der Waals surface area contributed by atoms with Crippen LogP contribution in [-0.4, -0.2) is 19.2 Å². The second-order valence-electron chi connectivity index (χ2n) is 3.08. The Labute approximate surface area is 79.9 Å². The standard InChI is InChI=1S/C11H17NO/c1-3-12-10(2)9-13-11-7-5-4-6-8-11/h4-8,10,12H,3,9H2,1-2H3/t10-/m1/s1. The summed E-state index contributed by atoms with van der Waals surface area (Å²) in [6.45, 7) is 5.92. The molecule has 0 spiro atoms. The second-order valence-corrected chi connectivity index (χ2v) is 3.08. The SMILES string of the molecule is CCN[C@H](C)COc1ccccc1. The van der Waals surface area contributed by atoms with Crippen LogP contribution in [0.15, 0.2) is 30.3 Å². The molecule has 0 saturated carbocycles. The fourth-order valence-corrected chi connectivity index (χ4v) is 1.15. The highest BCUT2D eigenvalue weighted by atomic mass is 16.5. The molecular weight excluding hydrogens is 162 g/mol. The van der Waals surface area contributed by atoms with Gasteiger partial charge < -0.3 is 10.1 Å². The summed E-state index contributed by atoms with van der Waals surface area (Å²) in [7, 11) is 0. The summed E-state index contributed by atoms with van der Waals surface area (Å²) in [5.41, 5.74) is 0. The molecule has 0 aliphatic rings. The minimum atomic E-state index is 0.408. The van der Waals surface area contributed by atoms with E-state index >= 15 is 0 Å². The van der Waals surface area contributed by atoms with Crippen LogP contribution in [0.4, 0.5) is 0 Å². The molecule has 72 valence electrons. The van der Waals surface area contributed by atoms with Gasteiger partial charge in [-0.2, -0.15) is 0 Å². The lowest BCUT2D eigenvalue weighted by Crippen LogP contribution is -2.31. The van der Waals surface area contributed by atoms with E-state index in [0.717, 1.165) is 18.9 Å². The van der Waals surface area contributed by atoms with E-state index in [1.807, 2.05) is 30.3 Å². The van der Waals surface area contributed by atoms with E-state index < -0.39 is 0 Å². The molecule has 1 aromatic carbocycles. The lowest BCUT2D eigenvalue weighted by atomic mass is 10.3. The van der Waals surface area contributed by atoms with Crippen molar-refractivity contribution in [2.45, 2.75) is 19.9 Å². The van der Waals surface area contributed by atoms with Crippen molar-refractivity contribution in [2.75, 3.05) is 13.2 Å². The van der Waals surface area contributed by atoms with Gasteiger partial charge in [0.1, 0.15) is 12.4 Å². The summed E-state index contributed by atoms with van der Waals surface area (Å²) >= 11 is 0. The smallest absolute Gasteiger partial charge is 0.119 e. The van der Waals surface area contributed by atoms with E-state index in [9.17, 15) is 0 Å². The zero-order chi connectivity index (χ0) is 9.52. The van der Waals surface area contributed by atoms with Crippen LogP contribution >= 0.6 is 0 Å². The lowest BCUT2D eigenvalue weighted by Gasteiger charge is -2.13. The van der Waals surface area contributed by atoms with Crippen LogP contribution in [0, 0.1) is 0 Å². The van der Waals surface area contributed by atoms with E-state index in [1.54, 1.807) is 0 Å². The molecule has 0 saturated heterocycles. The Balaban J connectivity index is 2.27. The molecule has 1 rings (SSSR count). The Kier molecular flexibility index (Phi) is 4.33. The van der Waals surface area contributed by atoms with Crippen molar-refractivity contribution >= 4 is 0 Å². The fourth-order valence-electron chi connectivity index (χ4n) is 1.15. The van der Waals surface area contributed by atoms with Gasteiger partial charge in [0.2, 0.25) is 0 Å². The van der Waals surface area contributed by atoms with Gasteiger partial charge in [-0.3, -0.25) is 0 Å². The minimum Gasteiger partial charge on any atom is -0.492 e. The highest BCUT2D eigenvalue weighted by molar-refractivity contribution is 5.20. The van der Waals surface area contributed by atoms with Crippen LogP contribution in [0.3, 0.4) is 0 Å². The molecule has 13 heavy (non-hydrogen) atoms. The first-order valence-electron chi connectivity index (χ1n) is 4.74. The summed E-state index contributed by atoms with van der Waals surface area (Å²) in [6.07, 6.45) is 0. The number of hydrogen-bond acceptors (Lipinski definition) is 2. The van der Waals surface area contributed by atoms with Gasteiger partial charge in [-0.25, -0.2) is 0 Å². The predicted molar refractivity (Wildman–Crippen MR) is 55.1 cm³/mol. The second kappa shape index (κ2) is 5.60. The maximum atomic E-state index is 5.56. The maximum absolute atomic E-state index is 5.56. The van der Waals surface area contributed by atoms with Gasteiger partial charge in [0.15, 0.2) is 0 Å². The molecule has 0 aromatic heterocycles. The number of benzene rings is 1. The van der Waals surface area contributed by atoms with Gasteiger partial charge in [0, 0.05) is 6.04 Å². The Hall–Kier alpha value is -1.02. The summed E-state index contributed by atoms with van der Waals surface area (Å²) < 4.78 is 5.56. The van der Waals surface area contributed by atoms with Gasteiger partial charge in [-0.05, 0) is 25.6 Å². The average molecular weight is 179 g/mol. The number of para-hydroxylation sites is 1. The molecule has 0 amide bonds. The molecule has 0 bridgehead atoms. The highest BCUT2D eigenvalue weighted by Gasteiger charge is 1.99. The molecule has 0 unspecified atom stereocenters. The van der Waals surface area contributed by atoms with E-state index in [2.05, 4.69) is 19.2 Å². The Bertz CT molecular complexity index is 223. The summed E-state index contributed by atoms with van der Waals surface area (Å²) in [5.74, 6) is 0.937. The largest absolute Gasteiger partial charge is 0.492 e. The van der Waals surface area contributed by atoms with E-state index in [1.165, 1.54) is 0 Å². The third-order valence-corrected chi connectivity index (χ3v) is 1.80. The number of ether oxygens (including phenoxy) is 1. The van der Waals surface area contributed by atoms with Crippen LogP contribution < -0.4 is 10.1 Å². The van der Waals surface area contributed by atoms with Crippen molar-refractivity contribution < 1.29 is 4.74 Å². The minimum absolute atomic E-state index is 0.408. The van der Waals surface area contributed by atoms with E-state index in [4.69, 9.17) is 4.74 Å². The number of likely N-dealkylation sites (N-methyl/N-ethyl adjacent to an activating group) is 1. The number of nitrogens with one attached hydrogen (secondary N) is 1. The first kappa shape index (κ1) is 10.1. The molecule has 1 N–H and O–H groups in total. The van der Waals surface area contributed by atoms with Crippen molar-refractivity contribution in [3.8, 4) is 5.75 Å². The normalized spacial score (nSPS) is 12.5. The van der Waals surface area contributed by atoms with E-state index in [0.29, 0.717) is 6.04 Å². The molecule has 2 nitrogen and oxygen atoms in total.